The Bertz CT molecular complexity index is 786. The van der Waals surface area contributed by atoms with Crippen molar-refractivity contribution in [3.8, 4) is 11.1 Å². The Balaban J connectivity index is 1.72. The highest BCUT2D eigenvalue weighted by atomic mass is 16.3. The molecular weight excluding hydrogens is 328 g/mol. The summed E-state index contributed by atoms with van der Waals surface area (Å²) in [5.41, 5.74) is 3.16. The molecule has 0 unspecified atom stereocenters. The number of hydrogen-bond donors (Lipinski definition) is 3. The summed E-state index contributed by atoms with van der Waals surface area (Å²) < 4.78 is 0. The lowest BCUT2D eigenvalue weighted by Crippen LogP contribution is -2.52. The molecule has 0 spiro atoms. The van der Waals surface area contributed by atoms with Gasteiger partial charge in [0.25, 0.3) is 5.91 Å². The third-order valence-electron chi connectivity index (χ3n) is 4.75. The van der Waals surface area contributed by atoms with Gasteiger partial charge in [0.05, 0.1) is 12.1 Å². The molecule has 1 amide bonds. The van der Waals surface area contributed by atoms with Gasteiger partial charge in [0, 0.05) is 24.1 Å². The van der Waals surface area contributed by atoms with Crippen LogP contribution in [0.4, 0.5) is 0 Å². The Morgan fingerprint density at radius 2 is 1.88 bits per heavy atom. The number of benzene rings is 2. The summed E-state index contributed by atoms with van der Waals surface area (Å²) >= 11 is 0. The maximum absolute atomic E-state index is 12.4. The van der Waals surface area contributed by atoms with E-state index in [1.165, 1.54) is 0 Å². The molecule has 1 fully saturated rings. The number of β-amino-alcohol motifs (C(OH)–C–C–N with tert-alkyl or cyclic N) is 1. The van der Waals surface area contributed by atoms with E-state index >= 15 is 0 Å². The zero-order chi connectivity index (χ0) is 18.5. The smallest absolute Gasteiger partial charge is 0.251 e. The number of aliphatic hydroxyl groups is 1. The first-order chi connectivity index (χ1) is 12.6. The first-order valence-corrected chi connectivity index (χ1v) is 9.02. The fraction of sp³-hybridized carbons (Fsp3) is 0.333. The predicted molar refractivity (Wildman–Crippen MR) is 101 cm³/mol. The van der Waals surface area contributed by atoms with Crippen LogP contribution in [0.15, 0.2) is 48.5 Å². The van der Waals surface area contributed by atoms with E-state index in [9.17, 15) is 14.7 Å². The van der Waals surface area contributed by atoms with E-state index < -0.39 is 6.10 Å². The monoisotopic (exact) mass is 352 g/mol. The quantitative estimate of drug-likeness (QED) is 0.722. The van der Waals surface area contributed by atoms with Crippen molar-refractivity contribution >= 4 is 11.7 Å². The normalized spacial score (nSPS) is 19.8. The van der Waals surface area contributed by atoms with Gasteiger partial charge in [-0.2, -0.15) is 0 Å². The number of rotatable bonds is 5. The number of amides is 1. The molecule has 1 saturated heterocycles. The molecule has 1 aliphatic rings. The maximum atomic E-state index is 12.4. The predicted octanol–water partition coefficient (Wildman–Crippen LogP) is 2.40. The van der Waals surface area contributed by atoms with Crippen LogP contribution in [-0.4, -0.2) is 42.0 Å². The average Bonchev–Trinajstić information content (AvgIpc) is 2.69. The molecule has 1 heterocycles. The Kier molecular flexibility index (Phi) is 5.81. The van der Waals surface area contributed by atoms with Gasteiger partial charge in [0.2, 0.25) is 0 Å². The van der Waals surface area contributed by atoms with Crippen molar-refractivity contribution < 1.29 is 14.7 Å². The summed E-state index contributed by atoms with van der Waals surface area (Å²) in [7, 11) is 0. The van der Waals surface area contributed by atoms with E-state index in [1.807, 2.05) is 43.3 Å². The van der Waals surface area contributed by atoms with Gasteiger partial charge < -0.3 is 15.7 Å². The van der Waals surface area contributed by atoms with Crippen LogP contribution in [0.2, 0.25) is 0 Å². The second-order valence-corrected chi connectivity index (χ2v) is 6.57. The van der Waals surface area contributed by atoms with E-state index in [4.69, 9.17) is 0 Å². The Morgan fingerprint density at radius 3 is 2.58 bits per heavy atom. The average molecular weight is 352 g/mol. The van der Waals surface area contributed by atoms with Crippen LogP contribution < -0.4 is 10.6 Å². The molecule has 5 nitrogen and oxygen atoms in total. The molecule has 2 aromatic carbocycles. The fourth-order valence-corrected chi connectivity index (χ4v) is 3.15. The van der Waals surface area contributed by atoms with E-state index in [-0.39, 0.29) is 17.7 Å². The summed E-state index contributed by atoms with van der Waals surface area (Å²) in [6.45, 7) is 3.13. The van der Waals surface area contributed by atoms with Crippen LogP contribution in [0.3, 0.4) is 0 Å². The minimum atomic E-state index is -0.564. The molecule has 2 atom stereocenters. The maximum Gasteiger partial charge on any atom is 0.251 e. The first-order valence-electron chi connectivity index (χ1n) is 9.02. The number of carbonyl (C=O) groups is 2. The summed E-state index contributed by atoms with van der Waals surface area (Å²) in [5, 5.41) is 15.9. The SMILES string of the molecule is CCC(=O)c1cccc(-c2ccc(C(=O)N[C@@H]3CCNC[C@H]3O)cc2)c1. The summed E-state index contributed by atoms with van der Waals surface area (Å²) in [4.78, 5) is 24.3. The Labute approximate surface area is 153 Å². The van der Waals surface area contributed by atoms with Crippen LogP contribution in [-0.2, 0) is 0 Å². The summed E-state index contributed by atoms with van der Waals surface area (Å²) in [6.07, 6.45) is 0.625. The van der Waals surface area contributed by atoms with Gasteiger partial charge in [-0.25, -0.2) is 0 Å². The van der Waals surface area contributed by atoms with Gasteiger partial charge in [-0.05, 0) is 42.3 Å². The standard InChI is InChI=1S/C21H24N2O3/c1-2-19(24)17-5-3-4-16(12-17)14-6-8-15(9-7-14)21(26)23-18-10-11-22-13-20(18)25/h3-9,12,18,20,22,25H,2,10-11,13H2,1H3,(H,23,26)/t18-,20-/m1/s1. The zero-order valence-electron chi connectivity index (χ0n) is 14.9. The second-order valence-electron chi connectivity index (χ2n) is 6.57. The van der Waals surface area contributed by atoms with E-state index in [0.717, 1.165) is 17.7 Å². The molecular formula is C21H24N2O3. The molecule has 0 saturated carbocycles. The lowest BCUT2D eigenvalue weighted by atomic mass is 9.99. The number of aliphatic hydroxyl groups excluding tert-OH is 1. The molecule has 3 rings (SSSR count). The van der Waals surface area contributed by atoms with Crippen LogP contribution >= 0.6 is 0 Å². The minimum absolute atomic E-state index is 0.114. The molecule has 0 radical (unpaired) electrons. The minimum Gasteiger partial charge on any atom is -0.390 e. The van der Waals surface area contributed by atoms with Crippen molar-refractivity contribution in [2.45, 2.75) is 31.9 Å². The van der Waals surface area contributed by atoms with Crippen LogP contribution in [0.5, 0.6) is 0 Å². The number of carbonyl (C=O) groups excluding carboxylic acids is 2. The van der Waals surface area contributed by atoms with E-state index in [0.29, 0.717) is 30.5 Å². The summed E-state index contributed by atoms with van der Waals surface area (Å²) in [6, 6.07) is 14.6. The van der Waals surface area contributed by atoms with E-state index in [2.05, 4.69) is 10.6 Å². The molecule has 26 heavy (non-hydrogen) atoms. The molecule has 2 aromatic rings. The van der Waals surface area contributed by atoms with Crippen molar-refractivity contribution in [1.82, 2.24) is 10.6 Å². The Morgan fingerprint density at radius 1 is 1.12 bits per heavy atom. The van der Waals surface area contributed by atoms with Crippen molar-refractivity contribution in [1.29, 1.82) is 0 Å². The fourth-order valence-electron chi connectivity index (χ4n) is 3.15. The van der Waals surface area contributed by atoms with Crippen molar-refractivity contribution in [2.75, 3.05) is 13.1 Å². The number of hydrogen-bond acceptors (Lipinski definition) is 4. The molecule has 0 bridgehead atoms. The number of piperidine rings is 1. The Hall–Kier alpha value is -2.50. The van der Waals surface area contributed by atoms with Crippen molar-refractivity contribution in [2.24, 2.45) is 0 Å². The number of ketones is 1. The number of nitrogens with one attached hydrogen (secondary N) is 2. The highest BCUT2D eigenvalue weighted by Gasteiger charge is 2.24. The molecule has 136 valence electrons. The topological polar surface area (TPSA) is 78.4 Å². The summed E-state index contributed by atoms with van der Waals surface area (Å²) in [5.74, 6) is -0.0687. The second kappa shape index (κ2) is 8.25. The first kappa shape index (κ1) is 18.3. The molecule has 3 N–H and O–H groups in total. The van der Waals surface area contributed by atoms with Gasteiger partial charge in [0.1, 0.15) is 0 Å². The molecule has 0 aliphatic carbocycles. The van der Waals surface area contributed by atoms with Crippen LogP contribution in [0.1, 0.15) is 40.5 Å². The van der Waals surface area contributed by atoms with Crippen molar-refractivity contribution in [3.63, 3.8) is 0 Å². The largest absolute Gasteiger partial charge is 0.390 e. The van der Waals surface area contributed by atoms with Crippen LogP contribution in [0, 0.1) is 0 Å². The van der Waals surface area contributed by atoms with E-state index in [1.54, 1.807) is 12.1 Å². The molecule has 0 aromatic heterocycles. The zero-order valence-corrected chi connectivity index (χ0v) is 14.9. The van der Waals surface area contributed by atoms with Gasteiger partial charge >= 0.3 is 0 Å². The highest BCUT2D eigenvalue weighted by molar-refractivity contribution is 5.97. The van der Waals surface area contributed by atoms with Gasteiger partial charge in [-0.3, -0.25) is 9.59 Å². The van der Waals surface area contributed by atoms with Gasteiger partial charge in [0.15, 0.2) is 5.78 Å². The van der Waals surface area contributed by atoms with Crippen molar-refractivity contribution in [3.05, 3.63) is 59.7 Å². The molecule has 5 heteroatoms. The highest BCUT2D eigenvalue weighted by Crippen LogP contribution is 2.22. The van der Waals surface area contributed by atoms with Crippen LogP contribution in [0.25, 0.3) is 11.1 Å². The van der Waals surface area contributed by atoms with Gasteiger partial charge in [-0.1, -0.05) is 37.3 Å². The number of Topliss-reactive ketones (excluding diaryl/α,β-unsaturated/α-hetero) is 1. The third-order valence-corrected chi connectivity index (χ3v) is 4.75. The lowest BCUT2D eigenvalue weighted by Gasteiger charge is -2.29. The van der Waals surface area contributed by atoms with Gasteiger partial charge in [-0.15, -0.1) is 0 Å². The third kappa shape index (κ3) is 4.18. The molecule has 1 aliphatic heterocycles. The lowest BCUT2D eigenvalue weighted by molar-refractivity contribution is 0.0765.